The molecule has 23 heavy (non-hydrogen) atoms. The van der Waals surface area contributed by atoms with Gasteiger partial charge in [-0.1, -0.05) is 30.3 Å². The van der Waals surface area contributed by atoms with E-state index in [1.165, 1.54) is 5.56 Å². The molecule has 0 aliphatic carbocycles. The Labute approximate surface area is 152 Å². The van der Waals surface area contributed by atoms with Crippen molar-refractivity contribution in [2.75, 3.05) is 7.05 Å². The van der Waals surface area contributed by atoms with Crippen LogP contribution in [0.5, 0.6) is 0 Å². The number of furan rings is 1. The topological polar surface area (TPSA) is 92.6 Å². The molecule has 1 aromatic carbocycles. The molecule has 1 aromatic heterocycles. The van der Waals surface area contributed by atoms with E-state index in [-0.39, 0.29) is 35.8 Å². The fourth-order valence-corrected chi connectivity index (χ4v) is 2.00. The number of nitrogens with one attached hydrogen (secondary N) is 2. The Bertz CT molecular complexity index is 655. The Kier molecular flexibility index (Phi) is 7.60. The molecule has 2 rings (SSSR count). The summed E-state index contributed by atoms with van der Waals surface area (Å²) >= 11 is 0. The third-order valence-electron chi connectivity index (χ3n) is 3.21. The first kappa shape index (κ1) is 19.0. The fraction of sp³-hybridized carbons (Fsp3) is 0.250. The summed E-state index contributed by atoms with van der Waals surface area (Å²) in [4.78, 5) is 15.2. The Morgan fingerprint density at radius 3 is 2.52 bits per heavy atom. The van der Waals surface area contributed by atoms with Gasteiger partial charge in [-0.15, -0.1) is 24.0 Å². The van der Waals surface area contributed by atoms with Gasteiger partial charge in [0.15, 0.2) is 11.7 Å². The van der Waals surface area contributed by atoms with E-state index in [1.807, 2.05) is 18.2 Å². The van der Waals surface area contributed by atoms with Crippen LogP contribution >= 0.6 is 24.0 Å². The van der Waals surface area contributed by atoms with E-state index in [0.29, 0.717) is 18.3 Å². The molecule has 124 valence electrons. The summed E-state index contributed by atoms with van der Waals surface area (Å²) in [6.07, 6.45) is 0. The van der Waals surface area contributed by atoms with Crippen molar-refractivity contribution in [3.8, 4) is 0 Å². The third kappa shape index (κ3) is 5.59. The summed E-state index contributed by atoms with van der Waals surface area (Å²) in [5, 5.41) is 6.42. The first-order valence-electron chi connectivity index (χ1n) is 7.01. The average Bonchev–Trinajstić information content (AvgIpc) is 3.01. The Hall–Kier alpha value is -2.03. The second kappa shape index (κ2) is 9.19. The van der Waals surface area contributed by atoms with Gasteiger partial charge >= 0.3 is 0 Å². The van der Waals surface area contributed by atoms with Gasteiger partial charge in [0.2, 0.25) is 0 Å². The summed E-state index contributed by atoms with van der Waals surface area (Å²) < 4.78 is 5.31. The number of carbonyl (C=O) groups excluding carboxylic acids is 1. The molecule has 1 unspecified atom stereocenters. The Morgan fingerprint density at radius 2 is 1.96 bits per heavy atom. The number of hydrogen-bond donors (Lipinski definition) is 3. The van der Waals surface area contributed by atoms with Gasteiger partial charge in [-0.2, -0.15) is 0 Å². The lowest BCUT2D eigenvalue weighted by atomic mass is 10.1. The molecule has 1 amide bonds. The average molecular weight is 428 g/mol. The number of nitrogens with zero attached hydrogens (tertiary/aromatic N) is 1. The molecule has 0 aliphatic heterocycles. The van der Waals surface area contributed by atoms with Crippen molar-refractivity contribution < 1.29 is 9.21 Å². The zero-order valence-electron chi connectivity index (χ0n) is 13.1. The van der Waals surface area contributed by atoms with Gasteiger partial charge in [-0.05, 0) is 24.6 Å². The number of amides is 1. The van der Waals surface area contributed by atoms with Crippen LogP contribution in [0.25, 0.3) is 0 Å². The normalized spacial score (nSPS) is 12.2. The van der Waals surface area contributed by atoms with Gasteiger partial charge in [0, 0.05) is 7.05 Å². The molecule has 4 N–H and O–H groups in total. The molecule has 0 saturated carbocycles. The highest BCUT2D eigenvalue weighted by molar-refractivity contribution is 14.0. The van der Waals surface area contributed by atoms with Gasteiger partial charge in [0.1, 0.15) is 5.76 Å². The van der Waals surface area contributed by atoms with Gasteiger partial charge in [0.05, 0.1) is 12.6 Å². The smallest absolute Gasteiger partial charge is 0.284 e. The highest BCUT2D eigenvalue weighted by Gasteiger charge is 2.09. The maximum Gasteiger partial charge on any atom is 0.284 e. The van der Waals surface area contributed by atoms with Crippen LogP contribution in [-0.4, -0.2) is 18.9 Å². The van der Waals surface area contributed by atoms with Crippen molar-refractivity contribution in [3.63, 3.8) is 0 Å². The van der Waals surface area contributed by atoms with Crippen LogP contribution in [0, 0.1) is 0 Å². The Balaban J connectivity index is 0.00000264. The number of hydrogen-bond acceptors (Lipinski definition) is 3. The van der Waals surface area contributed by atoms with Crippen LogP contribution in [0.2, 0.25) is 0 Å². The molecule has 2 aromatic rings. The number of primary amides is 1. The first-order chi connectivity index (χ1) is 10.6. The summed E-state index contributed by atoms with van der Waals surface area (Å²) in [6.45, 7) is 2.47. The Morgan fingerprint density at radius 1 is 1.26 bits per heavy atom. The second-order valence-corrected chi connectivity index (χ2v) is 4.83. The van der Waals surface area contributed by atoms with E-state index >= 15 is 0 Å². The maximum absolute atomic E-state index is 11.0. The fourth-order valence-electron chi connectivity index (χ4n) is 2.00. The minimum Gasteiger partial charge on any atom is -0.454 e. The van der Waals surface area contributed by atoms with Gasteiger partial charge < -0.3 is 20.8 Å². The quantitative estimate of drug-likeness (QED) is 0.388. The summed E-state index contributed by atoms with van der Waals surface area (Å²) in [5.74, 6) is 0.835. The van der Waals surface area contributed by atoms with Crippen molar-refractivity contribution in [3.05, 3.63) is 59.5 Å². The SMILES string of the molecule is CN=C(NCc1ccc(C(N)=O)o1)NC(C)c1ccccc1.I. The number of benzene rings is 1. The van der Waals surface area contributed by atoms with E-state index in [2.05, 4.69) is 34.7 Å². The van der Waals surface area contributed by atoms with Crippen LogP contribution < -0.4 is 16.4 Å². The standard InChI is InChI=1S/C16H20N4O2.HI/c1-11(12-6-4-3-5-7-12)20-16(18-2)19-10-13-8-9-14(22-13)15(17)21;/h3-9,11H,10H2,1-2H3,(H2,17,21)(H2,18,19,20);1H. The lowest BCUT2D eigenvalue weighted by Gasteiger charge is -2.17. The van der Waals surface area contributed by atoms with Crippen LogP contribution in [0.4, 0.5) is 0 Å². The molecule has 1 heterocycles. The van der Waals surface area contributed by atoms with Gasteiger partial charge in [-0.3, -0.25) is 9.79 Å². The molecule has 7 heteroatoms. The second-order valence-electron chi connectivity index (χ2n) is 4.83. The molecular formula is C16H21IN4O2. The number of rotatable bonds is 5. The van der Waals surface area contributed by atoms with Crippen LogP contribution in [0.3, 0.4) is 0 Å². The van der Waals surface area contributed by atoms with E-state index in [1.54, 1.807) is 19.2 Å². The maximum atomic E-state index is 11.0. The molecule has 0 radical (unpaired) electrons. The summed E-state index contributed by atoms with van der Waals surface area (Å²) in [6, 6.07) is 13.5. The van der Waals surface area contributed by atoms with Crippen LogP contribution in [-0.2, 0) is 6.54 Å². The lowest BCUT2D eigenvalue weighted by Crippen LogP contribution is -2.38. The van der Waals surface area contributed by atoms with Crippen molar-refractivity contribution >= 4 is 35.8 Å². The predicted molar refractivity (Wildman–Crippen MR) is 101 cm³/mol. The van der Waals surface area contributed by atoms with Crippen molar-refractivity contribution in [1.82, 2.24) is 10.6 Å². The summed E-state index contributed by atoms with van der Waals surface area (Å²) in [7, 11) is 1.70. The summed E-state index contributed by atoms with van der Waals surface area (Å²) in [5.41, 5.74) is 6.32. The van der Waals surface area contributed by atoms with Crippen LogP contribution in [0.15, 0.2) is 51.9 Å². The highest BCUT2D eigenvalue weighted by atomic mass is 127. The van der Waals surface area contributed by atoms with E-state index < -0.39 is 5.91 Å². The minimum atomic E-state index is -0.577. The van der Waals surface area contributed by atoms with E-state index in [4.69, 9.17) is 10.2 Å². The zero-order valence-corrected chi connectivity index (χ0v) is 15.4. The zero-order chi connectivity index (χ0) is 15.9. The molecule has 0 saturated heterocycles. The predicted octanol–water partition coefficient (Wildman–Crippen LogP) is 2.42. The number of nitrogens with two attached hydrogens (primary N) is 1. The monoisotopic (exact) mass is 428 g/mol. The minimum absolute atomic E-state index is 0. The van der Waals surface area contributed by atoms with Gasteiger partial charge in [-0.25, -0.2) is 0 Å². The molecule has 0 spiro atoms. The molecule has 6 nitrogen and oxygen atoms in total. The largest absolute Gasteiger partial charge is 0.454 e. The molecule has 0 aliphatic rings. The molecule has 1 atom stereocenters. The number of aliphatic imine (C=N–C) groups is 1. The number of halogens is 1. The molecule has 0 bridgehead atoms. The third-order valence-corrected chi connectivity index (χ3v) is 3.21. The lowest BCUT2D eigenvalue weighted by molar-refractivity contribution is 0.0972. The van der Waals surface area contributed by atoms with Crippen molar-refractivity contribution in [2.45, 2.75) is 19.5 Å². The van der Waals surface area contributed by atoms with Crippen LogP contribution in [0.1, 0.15) is 34.8 Å². The van der Waals surface area contributed by atoms with E-state index in [0.717, 1.165) is 0 Å². The number of guanidine groups is 1. The number of carbonyl (C=O) groups is 1. The van der Waals surface area contributed by atoms with Crippen molar-refractivity contribution in [2.24, 2.45) is 10.7 Å². The van der Waals surface area contributed by atoms with Gasteiger partial charge in [0.25, 0.3) is 5.91 Å². The highest BCUT2D eigenvalue weighted by Crippen LogP contribution is 2.11. The molecular weight excluding hydrogens is 407 g/mol. The first-order valence-corrected chi connectivity index (χ1v) is 7.01. The van der Waals surface area contributed by atoms with Crippen molar-refractivity contribution in [1.29, 1.82) is 0 Å². The van der Waals surface area contributed by atoms with E-state index in [9.17, 15) is 4.79 Å². The molecule has 0 fully saturated rings.